The molecular formula is C8H10O2S2. The van der Waals surface area contributed by atoms with Crippen LogP contribution in [0.4, 0.5) is 0 Å². The third kappa shape index (κ3) is 1.24. The van der Waals surface area contributed by atoms with E-state index < -0.39 is 10.8 Å². The molecule has 1 atom stereocenters. The van der Waals surface area contributed by atoms with Crippen molar-refractivity contribution in [3.05, 3.63) is 16.5 Å². The molecule has 0 saturated heterocycles. The predicted molar refractivity (Wildman–Crippen MR) is 49.8 cm³/mol. The first-order chi connectivity index (χ1) is 5.83. The molecule has 0 spiro atoms. The zero-order valence-electron chi connectivity index (χ0n) is 6.58. The van der Waals surface area contributed by atoms with Crippen molar-refractivity contribution in [1.29, 1.82) is 0 Å². The molecule has 0 amide bonds. The Morgan fingerprint density at radius 3 is 3.25 bits per heavy atom. The van der Waals surface area contributed by atoms with Gasteiger partial charge in [0.05, 0.1) is 21.6 Å². The second-order valence-corrected chi connectivity index (χ2v) is 5.48. The summed E-state index contributed by atoms with van der Waals surface area (Å²) in [5.41, 5.74) is 2.12. The maximum absolute atomic E-state index is 11.5. The summed E-state index contributed by atoms with van der Waals surface area (Å²) >= 11 is 1.52. The van der Waals surface area contributed by atoms with E-state index in [0.29, 0.717) is 0 Å². The van der Waals surface area contributed by atoms with E-state index in [1.807, 2.05) is 5.38 Å². The molecule has 12 heavy (non-hydrogen) atoms. The molecule has 2 rings (SSSR count). The van der Waals surface area contributed by atoms with Gasteiger partial charge in [-0.1, -0.05) is 0 Å². The fraction of sp³-hybridized carbons (Fsp3) is 0.500. The molecule has 1 aliphatic rings. The summed E-state index contributed by atoms with van der Waals surface area (Å²) in [6.45, 7) is 0.0863. The van der Waals surface area contributed by atoms with Gasteiger partial charge in [-0.2, -0.15) is 0 Å². The summed E-state index contributed by atoms with van der Waals surface area (Å²) in [5, 5.41) is 10.9. The van der Waals surface area contributed by atoms with Gasteiger partial charge < -0.3 is 5.11 Å². The molecule has 1 unspecified atom stereocenters. The second-order valence-electron chi connectivity index (χ2n) is 2.84. The summed E-state index contributed by atoms with van der Waals surface area (Å²) < 4.78 is 12.4. The largest absolute Gasteiger partial charge is 0.392 e. The van der Waals surface area contributed by atoms with Crippen LogP contribution >= 0.6 is 11.3 Å². The Balaban J connectivity index is 2.48. The number of aliphatic hydroxyl groups is 1. The molecule has 0 radical (unpaired) electrons. The minimum atomic E-state index is -0.789. The van der Waals surface area contributed by atoms with Gasteiger partial charge in [-0.15, -0.1) is 11.3 Å². The number of thiophene rings is 1. The van der Waals surface area contributed by atoms with Crippen LogP contribution in [0.2, 0.25) is 0 Å². The number of aliphatic hydroxyl groups excluding tert-OH is 1. The van der Waals surface area contributed by atoms with Crippen LogP contribution in [-0.4, -0.2) is 15.1 Å². The van der Waals surface area contributed by atoms with Crippen LogP contribution in [0, 0.1) is 0 Å². The van der Waals surface area contributed by atoms with E-state index in [1.165, 1.54) is 11.3 Å². The smallest absolute Gasteiger partial charge is 0.0946 e. The number of fused-ring (bicyclic) bond motifs is 1. The Morgan fingerprint density at radius 2 is 2.50 bits per heavy atom. The topological polar surface area (TPSA) is 37.3 Å². The molecule has 2 nitrogen and oxygen atoms in total. The van der Waals surface area contributed by atoms with E-state index in [-0.39, 0.29) is 6.61 Å². The van der Waals surface area contributed by atoms with Gasteiger partial charge in [0.25, 0.3) is 0 Å². The third-order valence-corrected chi connectivity index (χ3v) is 5.10. The highest BCUT2D eigenvalue weighted by atomic mass is 32.2. The normalized spacial score (nSPS) is 22.2. The zero-order valence-corrected chi connectivity index (χ0v) is 8.21. The first kappa shape index (κ1) is 8.41. The number of hydrogen-bond donors (Lipinski definition) is 1. The molecule has 0 fully saturated rings. The SMILES string of the molecule is O=S1CCCc2c(CO)csc21. The molecule has 1 aromatic heterocycles. The minimum Gasteiger partial charge on any atom is -0.392 e. The molecule has 1 N–H and O–H groups in total. The lowest BCUT2D eigenvalue weighted by molar-refractivity contribution is 0.281. The van der Waals surface area contributed by atoms with Gasteiger partial charge in [0, 0.05) is 5.75 Å². The first-order valence-corrected chi connectivity index (χ1v) is 6.11. The third-order valence-electron chi connectivity index (χ3n) is 2.08. The Kier molecular flexibility index (Phi) is 2.30. The summed E-state index contributed by atoms with van der Waals surface area (Å²) in [5.74, 6) is 0.790. The number of rotatable bonds is 1. The second kappa shape index (κ2) is 3.28. The van der Waals surface area contributed by atoms with E-state index >= 15 is 0 Å². The summed E-state index contributed by atoms with van der Waals surface area (Å²) in [4.78, 5) is 0. The van der Waals surface area contributed by atoms with E-state index in [9.17, 15) is 4.21 Å². The highest BCUT2D eigenvalue weighted by Gasteiger charge is 2.20. The van der Waals surface area contributed by atoms with Crippen molar-refractivity contribution in [2.45, 2.75) is 23.7 Å². The van der Waals surface area contributed by atoms with Crippen LogP contribution in [-0.2, 0) is 23.8 Å². The van der Waals surface area contributed by atoms with E-state index in [0.717, 1.165) is 33.9 Å². The summed E-state index contributed by atoms with van der Waals surface area (Å²) in [6, 6.07) is 0. The van der Waals surface area contributed by atoms with Gasteiger partial charge in [-0.05, 0) is 29.3 Å². The van der Waals surface area contributed by atoms with Gasteiger partial charge in [0.15, 0.2) is 0 Å². The van der Waals surface area contributed by atoms with Crippen molar-refractivity contribution in [3.63, 3.8) is 0 Å². The summed E-state index contributed by atoms with van der Waals surface area (Å²) in [6.07, 6.45) is 1.98. The average molecular weight is 202 g/mol. The van der Waals surface area contributed by atoms with Gasteiger partial charge in [-0.3, -0.25) is 4.21 Å². The first-order valence-electron chi connectivity index (χ1n) is 3.91. The maximum Gasteiger partial charge on any atom is 0.0946 e. The lowest BCUT2D eigenvalue weighted by Crippen LogP contribution is -2.08. The lowest BCUT2D eigenvalue weighted by Gasteiger charge is -2.11. The van der Waals surface area contributed by atoms with E-state index in [1.54, 1.807) is 0 Å². The van der Waals surface area contributed by atoms with E-state index in [2.05, 4.69) is 0 Å². The van der Waals surface area contributed by atoms with Crippen LogP contribution in [0.3, 0.4) is 0 Å². The van der Waals surface area contributed by atoms with Gasteiger partial charge in [0.2, 0.25) is 0 Å². The molecule has 1 aromatic rings. The van der Waals surface area contributed by atoms with Crippen molar-refractivity contribution in [2.75, 3.05) is 5.75 Å². The maximum atomic E-state index is 11.5. The van der Waals surface area contributed by atoms with Crippen molar-refractivity contribution in [2.24, 2.45) is 0 Å². The van der Waals surface area contributed by atoms with Crippen molar-refractivity contribution in [1.82, 2.24) is 0 Å². The van der Waals surface area contributed by atoms with Crippen LogP contribution in [0.1, 0.15) is 17.5 Å². The van der Waals surface area contributed by atoms with Crippen LogP contribution in [0.15, 0.2) is 9.59 Å². The number of hydrogen-bond acceptors (Lipinski definition) is 3. The predicted octanol–water partition coefficient (Wildman–Crippen LogP) is 1.29. The van der Waals surface area contributed by atoms with E-state index in [4.69, 9.17) is 5.11 Å². The molecule has 2 heterocycles. The molecule has 1 aliphatic heterocycles. The van der Waals surface area contributed by atoms with Gasteiger partial charge >= 0.3 is 0 Å². The Morgan fingerprint density at radius 1 is 1.67 bits per heavy atom. The van der Waals surface area contributed by atoms with Crippen molar-refractivity contribution in [3.8, 4) is 0 Å². The van der Waals surface area contributed by atoms with Crippen LogP contribution in [0.5, 0.6) is 0 Å². The standard InChI is InChI=1S/C8H10O2S2/c9-4-6-5-11-8-7(6)2-1-3-12(8)10/h5,9H,1-4H2. The molecule has 0 bridgehead atoms. The van der Waals surface area contributed by atoms with Gasteiger partial charge in [0.1, 0.15) is 0 Å². The van der Waals surface area contributed by atoms with Crippen molar-refractivity contribution >= 4 is 22.1 Å². The highest BCUT2D eigenvalue weighted by Crippen LogP contribution is 2.31. The Labute approximate surface area is 77.7 Å². The highest BCUT2D eigenvalue weighted by molar-refractivity contribution is 7.87. The Bertz CT molecular complexity index is 317. The zero-order chi connectivity index (χ0) is 8.55. The van der Waals surface area contributed by atoms with Gasteiger partial charge in [-0.25, -0.2) is 0 Å². The Hall–Kier alpha value is -0.190. The molecule has 0 aromatic carbocycles. The summed E-state index contributed by atoms with van der Waals surface area (Å²) in [7, 11) is -0.789. The molecule has 66 valence electrons. The molecular weight excluding hydrogens is 192 g/mol. The van der Waals surface area contributed by atoms with Crippen LogP contribution < -0.4 is 0 Å². The lowest BCUT2D eigenvalue weighted by atomic mass is 10.1. The van der Waals surface area contributed by atoms with Crippen LogP contribution in [0.25, 0.3) is 0 Å². The molecule has 0 saturated carbocycles. The average Bonchev–Trinajstić information content (AvgIpc) is 2.49. The van der Waals surface area contributed by atoms with Crippen molar-refractivity contribution < 1.29 is 9.32 Å². The fourth-order valence-electron chi connectivity index (χ4n) is 1.46. The molecule has 4 heteroatoms. The molecule has 0 aliphatic carbocycles. The fourth-order valence-corrected chi connectivity index (χ4v) is 4.22. The quantitative estimate of drug-likeness (QED) is 0.745. The monoisotopic (exact) mass is 202 g/mol. The minimum absolute atomic E-state index is 0.0863.